The van der Waals surface area contributed by atoms with Gasteiger partial charge in [-0.1, -0.05) is 0 Å². The minimum absolute atomic E-state index is 0.0560. The molecule has 1 atom stereocenters. The van der Waals surface area contributed by atoms with Gasteiger partial charge in [-0.3, -0.25) is 10.1 Å². The Bertz CT molecular complexity index is 272. The summed E-state index contributed by atoms with van der Waals surface area (Å²) in [6.07, 6.45) is 0.332. The molecule has 0 saturated carbocycles. The fraction of sp³-hybridized carbons (Fsp3) is 0.889. The van der Waals surface area contributed by atoms with Gasteiger partial charge in [0.1, 0.15) is 0 Å². The molecule has 0 radical (unpaired) electrons. The largest absolute Gasteiger partial charge is 0.279 e. The predicted octanol–water partition coefficient (Wildman–Crippen LogP) is 1.68. The Kier molecular flexibility index (Phi) is 6.07. The predicted molar refractivity (Wildman–Crippen MR) is 62.1 cm³/mol. The second-order valence-corrected chi connectivity index (χ2v) is 6.09. The Morgan fingerprint density at radius 3 is 2.33 bits per heavy atom. The van der Waals surface area contributed by atoms with Crippen molar-refractivity contribution >= 4 is 7.59 Å². The van der Waals surface area contributed by atoms with Crippen LogP contribution in [-0.2, 0) is 4.57 Å². The minimum Gasteiger partial charge on any atom is -0.271 e. The number of nitrogens with two attached hydrogens (primary N) is 1. The molecule has 0 aromatic rings. The van der Waals surface area contributed by atoms with Gasteiger partial charge in [-0.25, -0.2) is 9.76 Å². The number of hydrogen-bond acceptors (Lipinski definition) is 2. The number of nitrogens with one attached hydrogen (secondary N) is 1. The molecule has 0 aliphatic carbocycles. The van der Waals surface area contributed by atoms with Crippen LogP contribution in [0.5, 0.6) is 0 Å². The molecular formula is C9H21N4OP. The number of nitrogens with zero attached hydrogens (tertiary/aromatic N) is 2. The van der Waals surface area contributed by atoms with Crippen molar-refractivity contribution in [2.75, 3.05) is 6.54 Å². The van der Waals surface area contributed by atoms with Crippen LogP contribution in [0.2, 0.25) is 0 Å². The summed E-state index contributed by atoms with van der Waals surface area (Å²) in [6, 6.07) is 2.15. The normalized spacial score (nSPS) is 15.7. The van der Waals surface area contributed by atoms with Crippen molar-refractivity contribution in [1.29, 1.82) is 5.26 Å². The van der Waals surface area contributed by atoms with Crippen molar-refractivity contribution in [1.82, 2.24) is 9.76 Å². The smallest absolute Gasteiger partial charge is 0.271 e. The van der Waals surface area contributed by atoms with E-state index in [1.807, 2.05) is 33.8 Å². The van der Waals surface area contributed by atoms with Crippen LogP contribution in [0.25, 0.3) is 0 Å². The van der Waals surface area contributed by atoms with Crippen LogP contribution in [0.3, 0.4) is 0 Å². The van der Waals surface area contributed by atoms with E-state index in [4.69, 9.17) is 10.8 Å². The van der Waals surface area contributed by atoms with E-state index in [0.717, 1.165) is 0 Å². The maximum atomic E-state index is 12.2. The zero-order chi connectivity index (χ0) is 12.1. The molecule has 6 heteroatoms. The van der Waals surface area contributed by atoms with Crippen molar-refractivity contribution in [2.24, 2.45) is 5.50 Å². The van der Waals surface area contributed by atoms with E-state index in [9.17, 15) is 4.57 Å². The zero-order valence-electron chi connectivity index (χ0n) is 9.90. The second-order valence-electron chi connectivity index (χ2n) is 4.07. The summed E-state index contributed by atoms with van der Waals surface area (Å²) < 4.78 is 13.8. The molecule has 0 aromatic carbocycles. The van der Waals surface area contributed by atoms with Crippen LogP contribution in [0.15, 0.2) is 0 Å². The highest BCUT2D eigenvalue weighted by Crippen LogP contribution is 2.38. The standard InChI is InChI=1S/C9H21N4OP/c1-8(2)12-15(11,14)13(9(3)4)7-5-6-10/h8-9H,5,7H2,1-4H3,(H3,11,12,14). The van der Waals surface area contributed by atoms with E-state index in [2.05, 4.69) is 5.09 Å². The van der Waals surface area contributed by atoms with Crippen molar-refractivity contribution < 1.29 is 4.57 Å². The molecule has 0 aromatic heterocycles. The van der Waals surface area contributed by atoms with Gasteiger partial charge in [0.05, 0.1) is 6.07 Å². The maximum Gasteiger partial charge on any atom is 0.279 e. The van der Waals surface area contributed by atoms with Crippen LogP contribution >= 0.6 is 7.59 Å². The first-order valence-electron chi connectivity index (χ1n) is 5.11. The van der Waals surface area contributed by atoms with E-state index in [-0.39, 0.29) is 12.1 Å². The van der Waals surface area contributed by atoms with E-state index in [1.54, 1.807) is 4.67 Å². The van der Waals surface area contributed by atoms with Crippen molar-refractivity contribution in [3.8, 4) is 6.07 Å². The third-order valence-electron chi connectivity index (χ3n) is 1.87. The average molecular weight is 232 g/mol. The molecule has 0 aliphatic rings. The van der Waals surface area contributed by atoms with Gasteiger partial charge in [-0.05, 0) is 27.7 Å². The highest BCUT2D eigenvalue weighted by atomic mass is 31.2. The summed E-state index contributed by atoms with van der Waals surface area (Å²) in [5, 5.41) is 11.4. The van der Waals surface area contributed by atoms with Crippen molar-refractivity contribution in [3.63, 3.8) is 0 Å². The van der Waals surface area contributed by atoms with Crippen LogP contribution in [0.4, 0.5) is 0 Å². The Labute approximate surface area is 92.2 Å². The highest BCUT2D eigenvalue weighted by molar-refractivity contribution is 7.56. The summed E-state index contributed by atoms with van der Waals surface area (Å²) in [6.45, 7) is 8.05. The molecule has 0 amide bonds. The maximum absolute atomic E-state index is 12.2. The number of hydrogen-bond donors (Lipinski definition) is 2. The summed E-state index contributed by atoms with van der Waals surface area (Å²) in [7, 11) is -3.01. The molecule has 0 spiro atoms. The molecule has 0 heterocycles. The number of rotatable bonds is 6. The molecule has 1 unspecified atom stereocenters. The van der Waals surface area contributed by atoms with Crippen LogP contribution in [0.1, 0.15) is 34.1 Å². The van der Waals surface area contributed by atoms with Crippen LogP contribution in [-0.4, -0.2) is 23.3 Å². The summed E-state index contributed by atoms with van der Waals surface area (Å²) in [5.74, 6) is 0. The minimum atomic E-state index is -3.01. The third kappa shape index (κ3) is 5.29. The van der Waals surface area contributed by atoms with E-state index in [1.165, 1.54) is 0 Å². The second kappa shape index (κ2) is 6.24. The topological polar surface area (TPSA) is 82.2 Å². The van der Waals surface area contributed by atoms with E-state index < -0.39 is 7.59 Å². The Morgan fingerprint density at radius 1 is 1.47 bits per heavy atom. The molecule has 15 heavy (non-hydrogen) atoms. The van der Waals surface area contributed by atoms with Gasteiger partial charge < -0.3 is 0 Å². The lowest BCUT2D eigenvalue weighted by Gasteiger charge is -2.32. The summed E-state index contributed by atoms with van der Waals surface area (Å²) in [4.78, 5) is 0. The molecule has 5 nitrogen and oxygen atoms in total. The highest BCUT2D eigenvalue weighted by Gasteiger charge is 2.28. The molecule has 0 saturated heterocycles. The first kappa shape index (κ1) is 14.6. The van der Waals surface area contributed by atoms with Gasteiger partial charge in [0.15, 0.2) is 0 Å². The summed E-state index contributed by atoms with van der Waals surface area (Å²) >= 11 is 0. The first-order chi connectivity index (χ1) is 6.81. The van der Waals surface area contributed by atoms with Gasteiger partial charge in [0, 0.05) is 25.0 Å². The van der Waals surface area contributed by atoms with Gasteiger partial charge in [0.2, 0.25) is 0 Å². The average Bonchev–Trinajstić information content (AvgIpc) is 2.00. The van der Waals surface area contributed by atoms with Crippen LogP contribution < -0.4 is 10.6 Å². The Balaban J connectivity index is 4.60. The van der Waals surface area contributed by atoms with Crippen molar-refractivity contribution in [3.05, 3.63) is 0 Å². The van der Waals surface area contributed by atoms with E-state index in [0.29, 0.717) is 13.0 Å². The van der Waals surface area contributed by atoms with E-state index >= 15 is 0 Å². The first-order valence-corrected chi connectivity index (χ1v) is 6.84. The Hall–Kier alpha value is -0.400. The van der Waals surface area contributed by atoms with Gasteiger partial charge in [0.25, 0.3) is 7.59 Å². The van der Waals surface area contributed by atoms with Crippen molar-refractivity contribution in [2.45, 2.75) is 46.2 Å². The lowest BCUT2D eigenvalue weighted by atomic mass is 10.3. The number of nitriles is 1. The molecule has 0 rings (SSSR count). The quantitative estimate of drug-likeness (QED) is 0.681. The molecule has 3 N–H and O–H groups in total. The fourth-order valence-electron chi connectivity index (χ4n) is 1.36. The molecule has 0 aliphatic heterocycles. The summed E-state index contributed by atoms with van der Waals surface area (Å²) in [5.41, 5.74) is 5.76. The van der Waals surface area contributed by atoms with Crippen LogP contribution in [0, 0.1) is 11.3 Å². The molecule has 0 bridgehead atoms. The monoisotopic (exact) mass is 232 g/mol. The third-order valence-corrected chi connectivity index (χ3v) is 4.19. The molecule has 0 fully saturated rings. The Morgan fingerprint density at radius 2 is 2.00 bits per heavy atom. The van der Waals surface area contributed by atoms with Gasteiger partial charge in [-0.15, -0.1) is 0 Å². The SMILES string of the molecule is CC(C)NP(N)(=O)N(CCC#N)C(C)C. The molecule has 88 valence electrons. The lowest BCUT2D eigenvalue weighted by Crippen LogP contribution is -2.39. The zero-order valence-corrected chi connectivity index (χ0v) is 10.8. The lowest BCUT2D eigenvalue weighted by molar-refractivity contribution is 0.348. The fourth-order valence-corrected chi connectivity index (χ4v) is 3.33. The van der Waals surface area contributed by atoms with Gasteiger partial charge in [-0.2, -0.15) is 5.26 Å². The molecular weight excluding hydrogens is 211 g/mol. The van der Waals surface area contributed by atoms with Gasteiger partial charge >= 0.3 is 0 Å².